The molecule has 1 N–H and O–H groups in total. The first-order chi connectivity index (χ1) is 13.6. The van der Waals surface area contributed by atoms with E-state index in [2.05, 4.69) is 32.0 Å². The van der Waals surface area contributed by atoms with Crippen LogP contribution in [0, 0.1) is 0 Å². The SMILES string of the molecule is CCCN(CCOC(C)=O)c1cc(-c2n[nH]c3ccc(OCC)cc23)ncn1. The van der Waals surface area contributed by atoms with Crippen molar-refractivity contribution < 1.29 is 14.3 Å². The van der Waals surface area contributed by atoms with Crippen LogP contribution in [0.25, 0.3) is 22.3 Å². The molecule has 0 atom stereocenters. The number of carbonyl (C=O) groups excluding carboxylic acids is 1. The first-order valence-corrected chi connectivity index (χ1v) is 9.44. The number of fused-ring (bicyclic) bond motifs is 1. The molecule has 3 aromatic rings. The Bertz CT molecular complexity index is 940. The molecule has 0 aliphatic rings. The van der Waals surface area contributed by atoms with E-state index in [1.165, 1.54) is 13.3 Å². The number of aromatic nitrogens is 4. The molecule has 0 radical (unpaired) electrons. The number of aromatic amines is 1. The Hall–Kier alpha value is -3.16. The molecule has 0 spiro atoms. The largest absolute Gasteiger partial charge is 0.494 e. The van der Waals surface area contributed by atoms with Gasteiger partial charge in [0.05, 0.1) is 24.4 Å². The molecule has 2 heterocycles. The number of rotatable bonds is 9. The highest BCUT2D eigenvalue weighted by molar-refractivity contribution is 5.93. The van der Waals surface area contributed by atoms with Gasteiger partial charge < -0.3 is 14.4 Å². The van der Waals surface area contributed by atoms with Gasteiger partial charge in [-0.2, -0.15) is 5.10 Å². The summed E-state index contributed by atoms with van der Waals surface area (Å²) in [6.07, 6.45) is 2.48. The lowest BCUT2D eigenvalue weighted by Gasteiger charge is -2.23. The van der Waals surface area contributed by atoms with Crippen LogP contribution in [0.1, 0.15) is 27.2 Å². The molecule has 0 fully saturated rings. The average molecular weight is 383 g/mol. The maximum Gasteiger partial charge on any atom is 0.302 e. The van der Waals surface area contributed by atoms with Crippen LogP contribution in [0.5, 0.6) is 5.75 Å². The van der Waals surface area contributed by atoms with Crippen molar-refractivity contribution in [2.75, 3.05) is 31.2 Å². The average Bonchev–Trinajstić information content (AvgIpc) is 3.11. The van der Waals surface area contributed by atoms with Gasteiger partial charge in [0.25, 0.3) is 0 Å². The molecular weight excluding hydrogens is 358 g/mol. The van der Waals surface area contributed by atoms with Gasteiger partial charge in [-0.25, -0.2) is 9.97 Å². The molecule has 0 aliphatic carbocycles. The summed E-state index contributed by atoms with van der Waals surface area (Å²) < 4.78 is 10.7. The van der Waals surface area contributed by atoms with Crippen molar-refractivity contribution in [3.05, 3.63) is 30.6 Å². The van der Waals surface area contributed by atoms with E-state index in [0.29, 0.717) is 19.8 Å². The topological polar surface area (TPSA) is 93.2 Å². The number of carbonyl (C=O) groups is 1. The van der Waals surface area contributed by atoms with Gasteiger partial charge in [-0.05, 0) is 31.5 Å². The minimum absolute atomic E-state index is 0.284. The van der Waals surface area contributed by atoms with Crippen LogP contribution < -0.4 is 9.64 Å². The van der Waals surface area contributed by atoms with E-state index in [-0.39, 0.29) is 5.97 Å². The molecule has 28 heavy (non-hydrogen) atoms. The summed E-state index contributed by atoms with van der Waals surface area (Å²) in [5.74, 6) is 1.28. The summed E-state index contributed by atoms with van der Waals surface area (Å²) in [7, 11) is 0. The number of hydrogen-bond donors (Lipinski definition) is 1. The van der Waals surface area contributed by atoms with Gasteiger partial charge in [-0.15, -0.1) is 0 Å². The van der Waals surface area contributed by atoms with E-state index in [1.54, 1.807) is 0 Å². The molecule has 0 saturated carbocycles. The summed E-state index contributed by atoms with van der Waals surface area (Å²) in [4.78, 5) is 21.9. The third kappa shape index (κ3) is 4.57. The summed E-state index contributed by atoms with van der Waals surface area (Å²) in [5, 5.41) is 8.42. The minimum atomic E-state index is -0.284. The zero-order chi connectivity index (χ0) is 19.9. The van der Waals surface area contributed by atoms with Crippen molar-refractivity contribution in [3.63, 3.8) is 0 Å². The summed E-state index contributed by atoms with van der Waals surface area (Å²) in [6.45, 7) is 7.74. The van der Waals surface area contributed by atoms with Gasteiger partial charge in [0, 0.05) is 24.9 Å². The van der Waals surface area contributed by atoms with Gasteiger partial charge in [-0.1, -0.05) is 6.92 Å². The second-order valence-electron chi connectivity index (χ2n) is 6.30. The lowest BCUT2D eigenvalue weighted by atomic mass is 10.1. The van der Waals surface area contributed by atoms with Gasteiger partial charge >= 0.3 is 5.97 Å². The standard InChI is InChI=1S/C20H25N5O3/c1-4-8-25(9-10-28-14(3)26)19-12-18(21-13-22-19)20-16-11-15(27-5-2)6-7-17(16)23-24-20/h6-7,11-13H,4-5,8-10H2,1-3H3,(H,23,24). The van der Waals surface area contributed by atoms with Crippen molar-refractivity contribution in [1.82, 2.24) is 20.2 Å². The van der Waals surface area contributed by atoms with Crippen molar-refractivity contribution in [3.8, 4) is 17.1 Å². The van der Waals surface area contributed by atoms with Gasteiger partial charge in [0.2, 0.25) is 0 Å². The number of anilines is 1. The summed E-state index contributed by atoms with van der Waals surface area (Å²) in [6, 6.07) is 7.73. The Morgan fingerprint density at radius 2 is 2.04 bits per heavy atom. The fourth-order valence-corrected chi connectivity index (χ4v) is 3.00. The normalized spacial score (nSPS) is 10.8. The molecule has 8 heteroatoms. The van der Waals surface area contributed by atoms with Crippen LogP contribution in [-0.4, -0.2) is 52.4 Å². The van der Waals surface area contributed by atoms with E-state index in [1.807, 2.05) is 31.2 Å². The van der Waals surface area contributed by atoms with Crippen LogP contribution in [0.15, 0.2) is 30.6 Å². The van der Waals surface area contributed by atoms with Crippen molar-refractivity contribution in [1.29, 1.82) is 0 Å². The van der Waals surface area contributed by atoms with E-state index in [4.69, 9.17) is 9.47 Å². The Morgan fingerprint density at radius 3 is 2.79 bits per heavy atom. The zero-order valence-electron chi connectivity index (χ0n) is 16.4. The number of nitrogens with zero attached hydrogens (tertiary/aromatic N) is 4. The molecule has 2 aromatic heterocycles. The molecule has 0 unspecified atom stereocenters. The highest BCUT2D eigenvalue weighted by Gasteiger charge is 2.14. The monoisotopic (exact) mass is 383 g/mol. The minimum Gasteiger partial charge on any atom is -0.494 e. The van der Waals surface area contributed by atoms with Crippen LogP contribution in [0.3, 0.4) is 0 Å². The fourth-order valence-electron chi connectivity index (χ4n) is 3.00. The smallest absolute Gasteiger partial charge is 0.302 e. The Balaban J connectivity index is 1.90. The van der Waals surface area contributed by atoms with Crippen molar-refractivity contribution in [2.45, 2.75) is 27.2 Å². The summed E-state index contributed by atoms with van der Waals surface area (Å²) in [5.41, 5.74) is 2.38. The number of H-pyrrole nitrogens is 1. The van der Waals surface area contributed by atoms with E-state index in [0.717, 1.165) is 46.8 Å². The highest BCUT2D eigenvalue weighted by Crippen LogP contribution is 2.29. The first kappa shape index (κ1) is 19.6. The second-order valence-corrected chi connectivity index (χ2v) is 6.30. The van der Waals surface area contributed by atoms with Crippen molar-refractivity contribution >= 4 is 22.7 Å². The summed E-state index contributed by atoms with van der Waals surface area (Å²) >= 11 is 0. The molecule has 0 aliphatic heterocycles. The van der Waals surface area contributed by atoms with Crippen LogP contribution in [-0.2, 0) is 9.53 Å². The Kier molecular flexibility index (Phi) is 6.41. The maximum absolute atomic E-state index is 11.0. The molecule has 1 aromatic carbocycles. The maximum atomic E-state index is 11.0. The van der Waals surface area contributed by atoms with Crippen LogP contribution in [0.2, 0.25) is 0 Å². The molecule has 0 amide bonds. The lowest BCUT2D eigenvalue weighted by Crippen LogP contribution is -2.29. The fraction of sp³-hybridized carbons (Fsp3) is 0.400. The van der Waals surface area contributed by atoms with Gasteiger partial charge in [0.1, 0.15) is 30.2 Å². The van der Waals surface area contributed by atoms with Crippen LogP contribution >= 0.6 is 0 Å². The van der Waals surface area contributed by atoms with Gasteiger partial charge in [-0.3, -0.25) is 9.89 Å². The highest BCUT2D eigenvalue weighted by atomic mass is 16.5. The molecule has 8 nitrogen and oxygen atoms in total. The molecule has 148 valence electrons. The van der Waals surface area contributed by atoms with E-state index in [9.17, 15) is 4.79 Å². The number of esters is 1. The quantitative estimate of drug-likeness (QED) is 0.567. The lowest BCUT2D eigenvalue weighted by molar-refractivity contribution is -0.140. The Morgan fingerprint density at radius 1 is 1.18 bits per heavy atom. The molecule has 3 rings (SSSR count). The van der Waals surface area contributed by atoms with Crippen molar-refractivity contribution in [2.24, 2.45) is 0 Å². The predicted molar refractivity (Wildman–Crippen MR) is 107 cm³/mol. The predicted octanol–water partition coefficient (Wildman–Crippen LogP) is 3.20. The number of ether oxygens (including phenoxy) is 2. The Labute approximate surface area is 163 Å². The first-order valence-electron chi connectivity index (χ1n) is 9.44. The zero-order valence-corrected chi connectivity index (χ0v) is 16.4. The molecule has 0 saturated heterocycles. The number of hydrogen-bond acceptors (Lipinski definition) is 7. The van der Waals surface area contributed by atoms with Gasteiger partial charge in [0.15, 0.2) is 0 Å². The number of nitrogens with one attached hydrogen (secondary N) is 1. The second kappa shape index (κ2) is 9.16. The third-order valence-electron chi connectivity index (χ3n) is 4.22. The van der Waals surface area contributed by atoms with E-state index >= 15 is 0 Å². The molecule has 0 bridgehead atoms. The van der Waals surface area contributed by atoms with E-state index < -0.39 is 0 Å². The van der Waals surface area contributed by atoms with Crippen LogP contribution in [0.4, 0.5) is 5.82 Å². The molecular formula is C20H25N5O3. The third-order valence-corrected chi connectivity index (χ3v) is 4.22. The number of benzene rings is 1.